The van der Waals surface area contributed by atoms with Crippen molar-refractivity contribution < 1.29 is 8.42 Å². The maximum atomic E-state index is 12.9. The van der Waals surface area contributed by atoms with Gasteiger partial charge in [0.15, 0.2) is 0 Å². The van der Waals surface area contributed by atoms with Crippen LogP contribution in [0.3, 0.4) is 0 Å². The van der Waals surface area contributed by atoms with Crippen molar-refractivity contribution in [1.29, 1.82) is 0 Å². The van der Waals surface area contributed by atoms with Crippen molar-refractivity contribution >= 4 is 22.4 Å². The van der Waals surface area contributed by atoms with Crippen LogP contribution in [0.1, 0.15) is 37.5 Å². The van der Waals surface area contributed by atoms with Crippen molar-refractivity contribution in [3.05, 3.63) is 28.8 Å². The van der Waals surface area contributed by atoms with E-state index >= 15 is 0 Å². The molecule has 0 aromatic heterocycles. The molecule has 1 heterocycles. The highest BCUT2D eigenvalue weighted by molar-refractivity contribution is 7.89. The minimum atomic E-state index is -3.39. The van der Waals surface area contributed by atoms with E-state index in [-0.39, 0.29) is 17.8 Å². The molecule has 6 heteroatoms. The Morgan fingerprint density at radius 2 is 1.50 bits per heavy atom. The van der Waals surface area contributed by atoms with Crippen LogP contribution >= 0.6 is 12.4 Å². The molecule has 1 saturated heterocycles. The summed E-state index contributed by atoms with van der Waals surface area (Å²) >= 11 is 0. The summed E-state index contributed by atoms with van der Waals surface area (Å²) in [6.45, 7) is 12.8. The fourth-order valence-corrected chi connectivity index (χ4v) is 4.66. The molecule has 1 N–H and O–H groups in total. The van der Waals surface area contributed by atoms with Gasteiger partial charge >= 0.3 is 0 Å². The first-order chi connectivity index (χ1) is 9.64. The molecule has 0 unspecified atom stereocenters. The molecule has 126 valence electrons. The van der Waals surface area contributed by atoms with E-state index in [1.54, 1.807) is 4.31 Å². The van der Waals surface area contributed by atoms with E-state index in [0.29, 0.717) is 18.0 Å². The fraction of sp³-hybridized carbons (Fsp3) is 0.625. The van der Waals surface area contributed by atoms with E-state index in [1.807, 2.05) is 26.0 Å². The van der Waals surface area contributed by atoms with E-state index in [1.165, 1.54) is 5.56 Å². The second-order valence-corrected chi connectivity index (χ2v) is 8.72. The van der Waals surface area contributed by atoms with Crippen LogP contribution in [0.25, 0.3) is 0 Å². The number of piperazine rings is 1. The summed E-state index contributed by atoms with van der Waals surface area (Å²) in [5.74, 6) is 0. The topological polar surface area (TPSA) is 49.4 Å². The number of nitrogens with one attached hydrogen (secondary N) is 1. The SMILES string of the molecule is Cc1cc(C(C)(C)C)cc(C)c1S(=O)(=O)N1CCNCC1.Cl. The summed E-state index contributed by atoms with van der Waals surface area (Å²) in [5.41, 5.74) is 2.89. The van der Waals surface area contributed by atoms with Gasteiger partial charge in [0.05, 0.1) is 4.90 Å². The summed E-state index contributed by atoms with van der Waals surface area (Å²) in [5, 5.41) is 3.19. The first-order valence-electron chi connectivity index (χ1n) is 7.46. The number of halogens is 1. The number of aryl methyl sites for hydroxylation is 2. The minimum Gasteiger partial charge on any atom is -0.314 e. The van der Waals surface area contributed by atoms with E-state index < -0.39 is 10.0 Å². The smallest absolute Gasteiger partial charge is 0.243 e. The van der Waals surface area contributed by atoms with Crippen molar-refractivity contribution in [2.45, 2.75) is 44.9 Å². The van der Waals surface area contributed by atoms with Crippen LogP contribution in [0.2, 0.25) is 0 Å². The predicted octanol–water partition coefficient (Wildman–Crippen LogP) is 2.62. The molecule has 1 aromatic carbocycles. The Hall–Kier alpha value is -0.620. The summed E-state index contributed by atoms with van der Waals surface area (Å²) in [7, 11) is -3.39. The molecule has 0 atom stereocenters. The van der Waals surface area contributed by atoms with Gasteiger partial charge in [-0.15, -0.1) is 12.4 Å². The van der Waals surface area contributed by atoms with Crippen LogP contribution in [0.15, 0.2) is 17.0 Å². The molecule has 2 rings (SSSR count). The van der Waals surface area contributed by atoms with Crippen molar-refractivity contribution in [1.82, 2.24) is 9.62 Å². The van der Waals surface area contributed by atoms with Crippen LogP contribution in [-0.2, 0) is 15.4 Å². The molecule has 0 spiro atoms. The third-order valence-electron chi connectivity index (χ3n) is 4.00. The maximum Gasteiger partial charge on any atom is 0.243 e. The van der Waals surface area contributed by atoms with Crippen molar-refractivity contribution in [2.24, 2.45) is 0 Å². The van der Waals surface area contributed by atoms with Crippen molar-refractivity contribution in [3.63, 3.8) is 0 Å². The first kappa shape index (κ1) is 19.4. The van der Waals surface area contributed by atoms with E-state index in [0.717, 1.165) is 24.2 Å². The second-order valence-electron chi connectivity index (χ2n) is 6.84. The standard InChI is InChI=1S/C16H26N2O2S.ClH/c1-12-10-14(16(3,4)5)11-13(2)15(12)21(19,20)18-8-6-17-7-9-18;/h10-11,17H,6-9H2,1-5H3;1H. The zero-order chi connectivity index (χ0) is 15.8. The zero-order valence-corrected chi connectivity index (χ0v) is 15.7. The Labute approximate surface area is 140 Å². The Morgan fingerprint density at radius 1 is 1.05 bits per heavy atom. The molecule has 0 radical (unpaired) electrons. The molecule has 1 aliphatic rings. The summed E-state index contributed by atoms with van der Waals surface area (Å²) in [6, 6.07) is 4.03. The Morgan fingerprint density at radius 3 is 1.91 bits per heavy atom. The van der Waals surface area contributed by atoms with E-state index in [4.69, 9.17) is 0 Å². The molecule has 1 aromatic rings. The van der Waals surface area contributed by atoms with Crippen molar-refractivity contribution in [2.75, 3.05) is 26.2 Å². The van der Waals surface area contributed by atoms with Gasteiger partial charge in [0.2, 0.25) is 10.0 Å². The lowest BCUT2D eigenvalue weighted by atomic mass is 9.85. The summed E-state index contributed by atoms with van der Waals surface area (Å²) in [6.07, 6.45) is 0. The lowest BCUT2D eigenvalue weighted by Gasteiger charge is -2.29. The lowest BCUT2D eigenvalue weighted by Crippen LogP contribution is -2.46. The highest BCUT2D eigenvalue weighted by Gasteiger charge is 2.29. The Kier molecular flexibility index (Phi) is 6.07. The maximum absolute atomic E-state index is 12.9. The van der Waals surface area contributed by atoms with E-state index in [2.05, 4.69) is 26.1 Å². The molecule has 0 saturated carbocycles. The molecule has 1 aliphatic heterocycles. The third-order valence-corrected chi connectivity index (χ3v) is 6.21. The van der Waals surface area contributed by atoms with Crippen molar-refractivity contribution in [3.8, 4) is 0 Å². The van der Waals surface area contributed by atoms with Crippen LogP contribution in [0.5, 0.6) is 0 Å². The van der Waals surface area contributed by atoms with Gasteiger partial charge in [-0.25, -0.2) is 8.42 Å². The van der Waals surface area contributed by atoms with Gasteiger partial charge in [0.1, 0.15) is 0 Å². The van der Waals surface area contributed by atoms with Crippen LogP contribution in [0.4, 0.5) is 0 Å². The van der Waals surface area contributed by atoms with Crippen LogP contribution in [-0.4, -0.2) is 38.9 Å². The average Bonchev–Trinajstić information content (AvgIpc) is 2.37. The van der Waals surface area contributed by atoms with Gasteiger partial charge < -0.3 is 5.32 Å². The molecule has 4 nitrogen and oxygen atoms in total. The average molecular weight is 347 g/mol. The third kappa shape index (κ3) is 3.82. The Bertz CT molecular complexity index is 607. The molecular weight excluding hydrogens is 320 g/mol. The number of rotatable bonds is 2. The first-order valence-corrected chi connectivity index (χ1v) is 8.90. The highest BCUT2D eigenvalue weighted by Crippen LogP contribution is 2.30. The monoisotopic (exact) mass is 346 g/mol. The molecule has 0 amide bonds. The van der Waals surface area contributed by atoms with Crippen LogP contribution < -0.4 is 5.32 Å². The fourth-order valence-electron chi connectivity index (χ4n) is 2.80. The number of benzene rings is 1. The number of hydrogen-bond acceptors (Lipinski definition) is 3. The summed E-state index contributed by atoms with van der Waals surface area (Å²) < 4.78 is 27.4. The molecule has 0 aliphatic carbocycles. The van der Waals surface area contributed by atoms with Gasteiger partial charge in [0.25, 0.3) is 0 Å². The molecular formula is C16H27ClN2O2S. The highest BCUT2D eigenvalue weighted by atomic mass is 35.5. The van der Waals surface area contributed by atoms with Gasteiger partial charge in [-0.3, -0.25) is 0 Å². The van der Waals surface area contributed by atoms with Gasteiger partial charge in [-0.05, 0) is 36.0 Å². The quantitative estimate of drug-likeness (QED) is 0.895. The van der Waals surface area contributed by atoms with Gasteiger partial charge in [-0.1, -0.05) is 32.9 Å². The van der Waals surface area contributed by atoms with Gasteiger partial charge in [0, 0.05) is 26.2 Å². The number of sulfonamides is 1. The van der Waals surface area contributed by atoms with Crippen LogP contribution in [0, 0.1) is 13.8 Å². The number of nitrogens with zero attached hydrogens (tertiary/aromatic N) is 1. The normalized spacial score (nSPS) is 17.1. The minimum absolute atomic E-state index is 0. The molecule has 1 fully saturated rings. The number of hydrogen-bond donors (Lipinski definition) is 1. The lowest BCUT2D eigenvalue weighted by molar-refractivity contribution is 0.360. The Balaban J connectivity index is 0.00000242. The second kappa shape index (κ2) is 6.87. The van der Waals surface area contributed by atoms with Gasteiger partial charge in [-0.2, -0.15) is 4.31 Å². The predicted molar refractivity (Wildman–Crippen MR) is 93.5 cm³/mol. The van der Waals surface area contributed by atoms with E-state index in [9.17, 15) is 8.42 Å². The summed E-state index contributed by atoms with van der Waals surface area (Å²) in [4.78, 5) is 0.484. The largest absolute Gasteiger partial charge is 0.314 e. The zero-order valence-electron chi connectivity index (χ0n) is 14.1. The molecule has 0 bridgehead atoms. The molecule has 22 heavy (non-hydrogen) atoms.